The first-order valence-electron chi connectivity index (χ1n) is 8.79. The van der Waals surface area contributed by atoms with Crippen LogP contribution in [0.5, 0.6) is 11.5 Å². The zero-order valence-electron chi connectivity index (χ0n) is 16.9. The third-order valence-electron chi connectivity index (χ3n) is 4.30. The van der Waals surface area contributed by atoms with E-state index in [4.69, 9.17) is 4.74 Å². The molecule has 0 saturated heterocycles. The van der Waals surface area contributed by atoms with Crippen molar-refractivity contribution in [2.45, 2.75) is 13.0 Å². The third kappa shape index (κ3) is 5.08. The fourth-order valence-electron chi connectivity index (χ4n) is 2.44. The zero-order valence-corrected chi connectivity index (χ0v) is 16.9. The van der Waals surface area contributed by atoms with Crippen molar-refractivity contribution in [2.24, 2.45) is 0 Å². The van der Waals surface area contributed by atoms with E-state index in [1.165, 1.54) is 7.05 Å². The summed E-state index contributed by atoms with van der Waals surface area (Å²) in [7, 11) is 2.56. The van der Waals surface area contributed by atoms with E-state index in [2.05, 4.69) is 16.8 Å². The molecule has 10 heteroatoms. The monoisotopic (exact) mass is 422 g/mol. The number of likely N-dealkylation sites (N-methyl/N-ethyl adjacent to an activating group) is 1. The number of carbonyl (C=O) groups excluding carboxylic acids is 1. The number of nitro benzene ring substituents is 1. The Kier molecular flexibility index (Phi) is 7.15. The number of aliphatic hydroxyl groups excluding tert-OH is 1. The van der Waals surface area contributed by atoms with E-state index < -0.39 is 39.6 Å². The fraction of sp³-hybridized carbons (Fsp3) is 0.190. The molecule has 1 aromatic heterocycles. The van der Waals surface area contributed by atoms with E-state index in [1.807, 2.05) is 0 Å². The average molecular weight is 422 g/mol. The van der Waals surface area contributed by atoms with Gasteiger partial charge in [0.2, 0.25) is 5.75 Å². The number of rotatable bonds is 5. The number of pyridine rings is 1. The van der Waals surface area contributed by atoms with Gasteiger partial charge in [0.05, 0.1) is 18.1 Å². The molecule has 1 heterocycles. The van der Waals surface area contributed by atoms with Gasteiger partial charge in [0, 0.05) is 36.6 Å². The standard InChI is InChI=1S/C21H18N4O6/c1-13(6-7-14-5-4-8-23-12-14)24(2)21(28)16(11-22)19(26)15-9-17(25(29)30)20(27)18(10-15)31-3/h4-5,8-10,12-13,26-27H,1-3H3/b19-16-. The lowest BCUT2D eigenvalue weighted by atomic mass is 10.1. The molecule has 158 valence electrons. The summed E-state index contributed by atoms with van der Waals surface area (Å²) >= 11 is 0. The summed E-state index contributed by atoms with van der Waals surface area (Å²) in [6.45, 7) is 1.63. The second-order valence-electron chi connectivity index (χ2n) is 6.24. The van der Waals surface area contributed by atoms with Crippen molar-refractivity contribution >= 4 is 17.4 Å². The highest BCUT2D eigenvalue weighted by atomic mass is 16.6. The molecule has 0 aliphatic carbocycles. The molecule has 0 fully saturated rings. The minimum Gasteiger partial charge on any atom is -0.506 e. The maximum Gasteiger partial charge on any atom is 0.315 e. The summed E-state index contributed by atoms with van der Waals surface area (Å²) in [5.74, 6) is 3.01. The number of amides is 1. The van der Waals surface area contributed by atoms with Gasteiger partial charge in [-0.3, -0.25) is 19.9 Å². The Bertz CT molecular complexity index is 1140. The van der Waals surface area contributed by atoms with E-state index >= 15 is 0 Å². The number of hydrogen-bond acceptors (Lipinski definition) is 8. The number of nitro groups is 1. The molecular weight excluding hydrogens is 404 g/mol. The van der Waals surface area contributed by atoms with Crippen LogP contribution in [0.15, 0.2) is 42.2 Å². The molecule has 0 aliphatic rings. The van der Waals surface area contributed by atoms with Gasteiger partial charge in [-0.1, -0.05) is 11.8 Å². The number of phenols is 1. The molecule has 1 aromatic carbocycles. The average Bonchev–Trinajstić information content (AvgIpc) is 2.77. The summed E-state index contributed by atoms with van der Waals surface area (Å²) in [5.41, 5.74) is -1.01. The Morgan fingerprint density at radius 3 is 2.68 bits per heavy atom. The first-order chi connectivity index (χ1) is 14.7. The Hall–Kier alpha value is -4.57. The van der Waals surface area contributed by atoms with Crippen molar-refractivity contribution in [1.82, 2.24) is 9.88 Å². The summed E-state index contributed by atoms with van der Waals surface area (Å²) in [6, 6.07) is 6.35. The van der Waals surface area contributed by atoms with E-state index in [0.717, 1.165) is 24.1 Å². The van der Waals surface area contributed by atoms with Gasteiger partial charge in [-0.05, 0) is 25.1 Å². The second kappa shape index (κ2) is 9.76. The highest BCUT2D eigenvalue weighted by Gasteiger charge is 2.26. The van der Waals surface area contributed by atoms with Gasteiger partial charge in [0.25, 0.3) is 5.91 Å². The predicted molar refractivity (Wildman–Crippen MR) is 110 cm³/mol. The van der Waals surface area contributed by atoms with Crippen molar-refractivity contribution < 1.29 is 24.7 Å². The molecule has 10 nitrogen and oxygen atoms in total. The first-order valence-corrected chi connectivity index (χ1v) is 8.79. The van der Waals surface area contributed by atoms with Crippen LogP contribution in [0.2, 0.25) is 0 Å². The van der Waals surface area contributed by atoms with Gasteiger partial charge in [-0.15, -0.1) is 0 Å². The smallest absolute Gasteiger partial charge is 0.315 e. The van der Waals surface area contributed by atoms with Crippen molar-refractivity contribution in [3.05, 3.63) is 63.5 Å². The number of methoxy groups -OCH3 is 1. The third-order valence-corrected chi connectivity index (χ3v) is 4.30. The Morgan fingerprint density at radius 2 is 2.13 bits per heavy atom. The van der Waals surface area contributed by atoms with E-state index in [0.29, 0.717) is 5.56 Å². The maximum absolute atomic E-state index is 12.8. The van der Waals surface area contributed by atoms with Gasteiger partial charge in [-0.25, -0.2) is 0 Å². The quantitative estimate of drug-likeness (QED) is 0.186. The molecule has 1 atom stereocenters. The fourth-order valence-corrected chi connectivity index (χ4v) is 2.44. The van der Waals surface area contributed by atoms with Crippen LogP contribution in [0.25, 0.3) is 5.76 Å². The lowest BCUT2D eigenvalue weighted by Crippen LogP contribution is -2.35. The van der Waals surface area contributed by atoms with Crippen LogP contribution < -0.4 is 4.74 Å². The van der Waals surface area contributed by atoms with Crippen LogP contribution in [0.1, 0.15) is 18.1 Å². The maximum atomic E-state index is 12.8. The summed E-state index contributed by atoms with van der Waals surface area (Å²) in [5, 5.41) is 41.0. The van der Waals surface area contributed by atoms with Gasteiger partial charge in [0.15, 0.2) is 11.3 Å². The molecule has 0 saturated carbocycles. The molecule has 2 aromatic rings. The Balaban J connectivity index is 2.42. The van der Waals surface area contributed by atoms with Crippen molar-refractivity contribution in [1.29, 1.82) is 5.26 Å². The zero-order chi connectivity index (χ0) is 23.1. The number of aromatic nitrogens is 1. The second-order valence-corrected chi connectivity index (χ2v) is 6.24. The normalized spacial score (nSPS) is 11.8. The molecule has 0 spiro atoms. The number of aliphatic hydroxyl groups is 1. The van der Waals surface area contributed by atoms with Crippen LogP contribution >= 0.6 is 0 Å². The molecule has 1 amide bonds. The van der Waals surface area contributed by atoms with Gasteiger partial charge >= 0.3 is 5.69 Å². The summed E-state index contributed by atoms with van der Waals surface area (Å²) in [6.07, 6.45) is 3.15. The highest BCUT2D eigenvalue weighted by Crippen LogP contribution is 2.38. The minimum atomic E-state index is -0.884. The molecular formula is C21H18N4O6. The molecule has 2 N–H and O–H groups in total. The van der Waals surface area contributed by atoms with E-state index in [1.54, 1.807) is 37.5 Å². The van der Waals surface area contributed by atoms with Crippen molar-refractivity contribution in [3.63, 3.8) is 0 Å². The molecule has 0 aliphatic heterocycles. The van der Waals surface area contributed by atoms with Gasteiger partial charge in [-0.2, -0.15) is 5.26 Å². The van der Waals surface area contributed by atoms with Crippen LogP contribution in [0.3, 0.4) is 0 Å². The summed E-state index contributed by atoms with van der Waals surface area (Å²) in [4.78, 5) is 28.1. The van der Waals surface area contributed by atoms with Gasteiger partial charge < -0.3 is 19.8 Å². The van der Waals surface area contributed by atoms with Crippen LogP contribution in [-0.2, 0) is 4.79 Å². The molecule has 1 unspecified atom stereocenters. The predicted octanol–water partition coefficient (Wildman–Crippen LogP) is 2.40. The number of phenolic OH excluding ortho intramolecular Hbond substituents is 1. The number of ether oxygens (including phenoxy) is 1. The SMILES string of the molecule is COc1cc(/C(O)=C(\C#N)C(=O)N(C)C(C)C#Cc2cccnc2)cc([N+](=O)[O-])c1O. The minimum absolute atomic E-state index is 0.242. The van der Waals surface area contributed by atoms with E-state index in [-0.39, 0.29) is 11.3 Å². The van der Waals surface area contributed by atoms with Gasteiger partial charge in [0.1, 0.15) is 11.8 Å². The Morgan fingerprint density at radius 1 is 1.42 bits per heavy atom. The van der Waals surface area contributed by atoms with Crippen LogP contribution in [0, 0.1) is 33.3 Å². The number of nitrogens with zero attached hydrogens (tertiary/aromatic N) is 4. The van der Waals surface area contributed by atoms with Crippen molar-refractivity contribution in [3.8, 4) is 29.4 Å². The number of hydrogen-bond donors (Lipinski definition) is 2. The first kappa shape index (κ1) is 22.7. The van der Waals surface area contributed by atoms with Crippen LogP contribution in [0.4, 0.5) is 5.69 Å². The molecule has 31 heavy (non-hydrogen) atoms. The number of benzene rings is 1. The number of carbonyl (C=O) groups is 1. The number of nitriles is 1. The molecule has 2 rings (SSSR count). The molecule has 0 radical (unpaired) electrons. The highest BCUT2D eigenvalue weighted by molar-refractivity contribution is 6.03. The summed E-state index contributed by atoms with van der Waals surface area (Å²) < 4.78 is 4.87. The number of aromatic hydroxyl groups is 1. The molecule has 0 bridgehead atoms. The van der Waals surface area contributed by atoms with Crippen LogP contribution in [-0.4, -0.2) is 51.1 Å². The topological polar surface area (TPSA) is 150 Å². The van der Waals surface area contributed by atoms with E-state index in [9.17, 15) is 30.4 Å². The van der Waals surface area contributed by atoms with Crippen molar-refractivity contribution in [2.75, 3.05) is 14.2 Å². The lowest BCUT2D eigenvalue weighted by Gasteiger charge is -2.20. The lowest BCUT2D eigenvalue weighted by molar-refractivity contribution is -0.386. The largest absolute Gasteiger partial charge is 0.506 e. The Labute approximate surface area is 177 Å².